The second-order valence-electron chi connectivity index (χ2n) is 20.0. The molecule has 2 saturated heterocycles. The minimum Gasteiger partial charge on any atom is -0.504 e. The number of ether oxygens (including phenoxy) is 10. The topological polar surface area (TPSA) is 599 Å². The van der Waals surface area contributed by atoms with Gasteiger partial charge in [-0.25, -0.2) is 28.8 Å². The first kappa shape index (κ1) is 60.0. The van der Waals surface area contributed by atoms with E-state index in [9.17, 15) is 131 Å². The first-order valence-corrected chi connectivity index (χ1v) is 25.3. The van der Waals surface area contributed by atoms with Gasteiger partial charge in [-0.1, -0.05) is 0 Å². The highest BCUT2D eigenvalue weighted by atomic mass is 16.7. The standard InChI is InChI=1S/C54H40O36/c55-15-1-11-23(31(65)27(15)61)25-9-3-19(59)43(33(25)67)85-41-13(5-17(57)29(63)35(41)69)51(79)90-54-40(74)38(72)46-22(84-54)8-82-48(76)10-4-20(60)44(34(68)26(10)24-12(50(78)88-46)2-16(56)28(62)32(24)66)86-42-14(6-18(58)30(64)36(42)70)52(80)89-53-39(73)37(71)45(87-49(11)77)21(83-53)7-81-47(9)75/h1-6,21-22,37-40,45-46,53-74H,7-8H2/t21-,22-,37-,38-,39-,40-,45-,46-,53+,54+/m1/s1. The third-order valence-electron chi connectivity index (χ3n) is 14.6. The zero-order valence-electron chi connectivity index (χ0n) is 44.1. The van der Waals surface area contributed by atoms with Gasteiger partial charge in [0.25, 0.3) is 0 Å². The van der Waals surface area contributed by atoms with E-state index in [4.69, 9.17) is 47.4 Å². The van der Waals surface area contributed by atoms with E-state index in [-0.39, 0.29) is 12.1 Å². The van der Waals surface area contributed by atoms with Crippen molar-refractivity contribution in [1.29, 1.82) is 0 Å². The smallest absolute Gasteiger partial charge is 0.344 e. The zero-order valence-corrected chi connectivity index (χ0v) is 44.1. The van der Waals surface area contributed by atoms with Crippen molar-refractivity contribution in [2.45, 2.75) is 61.4 Å². The maximum Gasteiger partial charge on any atom is 0.344 e. The Labute approximate surface area is 494 Å². The summed E-state index contributed by atoms with van der Waals surface area (Å²) < 4.78 is 54.6. The van der Waals surface area contributed by atoms with Crippen LogP contribution in [0.2, 0.25) is 0 Å². The Kier molecular flexibility index (Phi) is 14.4. The van der Waals surface area contributed by atoms with E-state index in [1.807, 2.05) is 0 Å². The Morgan fingerprint density at radius 1 is 0.289 bits per heavy atom. The van der Waals surface area contributed by atoms with Crippen LogP contribution in [0.1, 0.15) is 62.1 Å². The predicted octanol–water partition coefficient (Wildman–Crippen LogP) is 0.207. The number of aliphatic hydroxyl groups is 4. The summed E-state index contributed by atoms with van der Waals surface area (Å²) in [5.74, 6) is -41.5. The zero-order chi connectivity index (χ0) is 65.3. The molecule has 0 unspecified atom stereocenters. The summed E-state index contributed by atoms with van der Waals surface area (Å²) in [4.78, 5) is 85.9. The van der Waals surface area contributed by atoms with Gasteiger partial charge in [0.05, 0.1) is 22.3 Å². The maximum absolute atomic E-state index is 14.4. The van der Waals surface area contributed by atoms with Crippen LogP contribution in [0.15, 0.2) is 36.4 Å². The minimum absolute atomic E-state index is 0.266. The SMILES string of the molecule is O=C1O[C@@H]2O[C@@H]3COC(=O)c4cc(O)c(c(O)c4-c4c(cc(O)c(O)c4O)C(=O)O[C@H]3[C@H](O)[C@H]2O)Oc2c(cc(O)c(O)c2O)C(=O)O[C@@H]2O[C@@H]3COC(=O)c4cc(O)c(c(O)c4-c4c(cc(O)c(O)c4O)C(=O)O[C@H]3[C@H](O)[C@H]2O)Oc2c1cc(O)c(O)c2O. The lowest BCUT2D eigenvalue weighted by Crippen LogP contribution is -2.61. The fourth-order valence-corrected chi connectivity index (χ4v) is 10.1. The van der Waals surface area contributed by atoms with Crippen LogP contribution >= 0.6 is 0 Å². The average molecular weight is 1260 g/mol. The van der Waals surface area contributed by atoms with Crippen molar-refractivity contribution in [3.8, 4) is 137 Å². The van der Waals surface area contributed by atoms with Gasteiger partial charge in [-0.05, 0) is 24.3 Å². The van der Waals surface area contributed by atoms with E-state index in [0.717, 1.165) is 0 Å². The number of carbonyl (C=O) groups is 6. The minimum atomic E-state index is -2.64. The number of aliphatic hydroxyl groups excluding tert-OH is 4. The number of esters is 6. The summed E-state index contributed by atoms with van der Waals surface area (Å²) in [7, 11) is 0. The van der Waals surface area contributed by atoms with E-state index in [0.29, 0.717) is 24.3 Å². The van der Waals surface area contributed by atoms with Gasteiger partial charge >= 0.3 is 35.8 Å². The summed E-state index contributed by atoms with van der Waals surface area (Å²) in [6, 6.07) is 1.86. The molecule has 0 saturated carbocycles. The Morgan fingerprint density at radius 3 is 0.911 bits per heavy atom. The first-order chi connectivity index (χ1) is 42.4. The lowest BCUT2D eigenvalue weighted by atomic mass is 9.91. The molecule has 20 N–H and O–H groups in total. The number of hydrogen-bond acceptors (Lipinski definition) is 36. The van der Waals surface area contributed by atoms with Gasteiger partial charge in [-0.2, -0.15) is 0 Å². The number of phenolic OH excluding ortho intramolecular Hbond substituents is 16. The van der Waals surface area contributed by atoms with E-state index >= 15 is 0 Å². The second-order valence-corrected chi connectivity index (χ2v) is 20.0. The number of rotatable bonds is 0. The van der Waals surface area contributed by atoms with Crippen LogP contribution in [0.25, 0.3) is 22.3 Å². The molecule has 36 heteroatoms. The molecule has 10 bridgehead atoms. The van der Waals surface area contributed by atoms with Crippen molar-refractivity contribution >= 4 is 35.8 Å². The molecule has 90 heavy (non-hydrogen) atoms. The molecule has 0 aromatic heterocycles. The number of hydrogen-bond donors (Lipinski definition) is 20. The summed E-state index contributed by atoms with van der Waals surface area (Å²) in [5.41, 5.74) is -12.4. The maximum atomic E-state index is 14.4. The van der Waals surface area contributed by atoms with Crippen molar-refractivity contribution in [2.24, 2.45) is 0 Å². The molecule has 10 atom stereocenters. The van der Waals surface area contributed by atoms with Crippen molar-refractivity contribution < 1.29 is 178 Å². The summed E-state index contributed by atoms with van der Waals surface area (Å²) in [5, 5.41) is 224. The number of carbonyl (C=O) groups excluding carboxylic acids is 6. The van der Waals surface area contributed by atoms with E-state index in [1.54, 1.807) is 0 Å². The molecule has 36 nitrogen and oxygen atoms in total. The van der Waals surface area contributed by atoms with Crippen molar-refractivity contribution in [1.82, 2.24) is 0 Å². The highest BCUT2D eigenvalue weighted by molar-refractivity contribution is 6.10. The van der Waals surface area contributed by atoms with Crippen LogP contribution in [-0.2, 0) is 37.9 Å². The molecule has 0 amide bonds. The number of aromatic hydroxyl groups is 16. The molecule has 6 aromatic rings. The molecule has 6 aromatic carbocycles. The number of phenols is 16. The average Bonchev–Trinajstić information content (AvgIpc) is 1.08. The molecule has 0 spiro atoms. The normalized spacial score (nSPS) is 24.0. The van der Waals surface area contributed by atoms with Crippen molar-refractivity contribution in [2.75, 3.05) is 13.2 Å². The van der Waals surface area contributed by atoms with Gasteiger partial charge in [-0.3, -0.25) is 0 Å². The molecular weight excluding hydrogens is 1220 g/mol. The molecule has 472 valence electrons. The third kappa shape index (κ3) is 9.42. The lowest BCUT2D eigenvalue weighted by molar-refractivity contribution is -0.284. The Hall–Kier alpha value is -11.7. The fraction of sp³-hybridized carbons (Fsp3) is 0.222. The van der Waals surface area contributed by atoms with Crippen LogP contribution in [0.5, 0.6) is 115 Å². The molecular formula is C54H40O36. The van der Waals surface area contributed by atoms with Crippen molar-refractivity contribution in [3.05, 3.63) is 69.8 Å². The Balaban J connectivity index is 1.14. The van der Waals surface area contributed by atoms with Gasteiger partial charge in [0.2, 0.25) is 58.6 Å². The summed E-state index contributed by atoms with van der Waals surface area (Å²) >= 11 is 0. The van der Waals surface area contributed by atoms with Gasteiger partial charge < -0.3 is 149 Å². The molecule has 0 radical (unpaired) electrons. The molecule has 14 rings (SSSR count). The Bertz CT molecular complexity index is 3890. The van der Waals surface area contributed by atoms with Crippen LogP contribution < -0.4 is 9.47 Å². The quantitative estimate of drug-likeness (QED) is 0.0549. The van der Waals surface area contributed by atoms with Gasteiger partial charge in [0.15, 0.2) is 81.2 Å². The highest BCUT2D eigenvalue weighted by Gasteiger charge is 2.53. The van der Waals surface area contributed by atoms with Gasteiger partial charge in [-0.15, -0.1) is 0 Å². The fourth-order valence-electron chi connectivity index (χ4n) is 10.1. The first-order valence-electron chi connectivity index (χ1n) is 25.3. The lowest BCUT2D eigenvalue weighted by Gasteiger charge is -2.41. The van der Waals surface area contributed by atoms with Crippen LogP contribution in [0.4, 0.5) is 0 Å². The summed E-state index contributed by atoms with van der Waals surface area (Å²) in [6.07, 6.45) is -24.8. The summed E-state index contributed by atoms with van der Waals surface area (Å²) in [6.45, 7) is -2.66. The molecule has 2 fully saturated rings. The monoisotopic (exact) mass is 1260 g/mol. The van der Waals surface area contributed by atoms with Crippen LogP contribution in [0.3, 0.4) is 0 Å². The predicted molar refractivity (Wildman–Crippen MR) is 275 cm³/mol. The van der Waals surface area contributed by atoms with Crippen LogP contribution in [-0.4, -0.2) is 213 Å². The van der Waals surface area contributed by atoms with Crippen molar-refractivity contribution in [3.63, 3.8) is 0 Å². The number of benzene rings is 6. The molecule has 0 aliphatic carbocycles. The second kappa shape index (κ2) is 21.6. The molecule has 8 heterocycles. The molecule has 8 aliphatic heterocycles. The molecule has 8 aliphatic rings. The van der Waals surface area contributed by atoms with Crippen LogP contribution in [0, 0.1) is 0 Å². The van der Waals surface area contributed by atoms with E-state index in [2.05, 4.69) is 0 Å². The number of fused-ring (bicyclic) bond motifs is 2. The largest absolute Gasteiger partial charge is 0.504 e. The third-order valence-corrected chi connectivity index (χ3v) is 14.6. The highest BCUT2D eigenvalue weighted by Crippen LogP contribution is 2.59. The Morgan fingerprint density at radius 2 is 0.567 bits per heavy atom. The van der Waals surface area contributed by atoms with E-state index < -0.39 is 281 Å². The van der Waals surface area contributed by atoms with Gasteiger partial charge in [0.1, 0.15) is 61.0 Å². The van der Waals surface area contributed by atoms with Gasteiger partial charge in [0, 0.05) is 34.4 Å². The van der Waals surface area contributed by atoms with E-state index in [1.165, 1.54) is 0 Å².